The number of imide groups is 1. The van der Waals surface area contributed by atoms with Crippen molar-refractivity contribution >= 4 is 17.8 Å². The molecule has 1 aliphatic heterocycles. The monoisotopic (exact) mass is 341 g/mol. The van der Waals surface area contributed by atoms with Crippen LogP contribution < -0.4 is 4.74 Å². The normalized spacial score (nSPS) is 12.9. The van der Waals surface area contributed by atoms with Gasteiger partial charge in [0, 0.05) is 0 Å². The summed E-state index contributed by atoms with van der Waals surface area (Å²) >= 11 is 0. The topological polar surface area (TPSA) is 93.1 Å². The number of esters is 1. The third-order valence-corrected chi connectivity index (χ3v) is 3.85. The van der Waals surface area contributed by atoms with Gasteiger partial charge in [-0.3, -0.25) is 14.5 Å². The number of hydrogen-bond donors (Lipinski definition) is 1. The van der Waals surface area contributed by atoms with Gasteiger partial charge in [0.15, 0.2) is 0 Å². The highest BCUT2D eigenvalue weighted by Crippen LogP contribution is 2.24. The second-order valence-corrected chi connectivity index (χ2v) is 5.33. The van der Waals surface area contributed by atoms with Crippen LogP contribution in [0.4, 0.5) is 0 Å². The Balaban J connectivity index is 1.63. The summed E-state index contributed by atoms with van der Waals surface area (Å²) in [5, 5.41) is 9.74. The maximum atomic E-state index is 12.2. The van der Waals surface area contributed by atoms with Crippen LogP contribution in [-0.4, -0.2) is 48.1 Å². The van der Waals surface area contributed by atoms with E-state index in [1.54, 1.807) is 24.3 Å². The van der Waals surface area contributed by atoms with Crippen molar-refractivity contribution in [1.82, 2.24) is 4.90 Å². The van der Waals surface area contributed by atoms with Gasteiger partial charge in [-0.05, 0) is 30.3 Å². The molecule has 0 atom stereocenters. The van der Waals surface area contributed by atoms with Gasteiger partial charge in [0.1, 0.15) is 23.7 Å². The second kappa shape index (κ2) is 6.64. The Morgan fingerprint density at radius 2 is 1.72 bits per heavy atom. The number of methoxy groups -OCH3 is 1. The van der Waals surface area contributed by atoms with E-state index in [2.05, 4.69) is 0 Å². The van der Waals surface area contributed by atoms with E-state index in [9.17, 15) is 19.5 Å². The Bertz CT molecular complexity index is 825. The highest BCUT2D eigenvalue weighted by molar-refractivity contribution is 6.21. The van der Waals surface area contributed by atoms with E-state index in [4.69, 9.17) is 9.47 Å². The molecule has 1 heterocycles. The van der Waals surface area contributed by atoms with Crippen molar-refractivity contribution in [2.24, 2.45) is 0 Å². The van der Waals surface area contributed by atoms with E-state index >= 15 is 0 Å². The molecule has 0 radical (unpaired) electrons. The first kappa shape index (κ1) is 16.5. The zero-order valence-corrected chi connectivity index (χ0v) is 13.4. The van der Waals surface area contributed by atoms with Crippen molar-refractivity contribution in [2.45, 2.75) is 0 Å². The van der Waals surface area contributed by atoms with Crippen LogP contribution in [-0.2, 0) is 4.74 Å². The summed E-state index contributed by atoms with van der Waals surface area (Å²) in [5.41, 5.74) is 0.621. The average Bonchev–Trinajstić information content (AvgIpc) is 2.87. The Morgan fingerprint density at radius 1 is 1.08 bits per heavy atom. The van der Waals surface area contributed by atoms with E-state index in [1.165, 1.54) is 25.3 Å². The maximum absolute atomic E-state index is 12.2. The zero-order valence-electron chi connectivity index (χ0n) is 13.4. The fourth-order valence-corrected chi connectivity index (χ4v) is 2.56. The molecule has 7 heteroatoms. The van der Waals surface area contributed by atoms with Crippen molar-refractivity contribution in [3.8, 4) is 11.5 Å². The standard InChI is InChI=1S/C18H15NO6/c1-24-11-6-7-15(20)14(10-11)18(23)25-9-8-19-16(21)12-4-2-3-5-13(12)17(19)22/h2-7,10,20H,8-9H2,1H3. The number of carbonyl (C=O) groups is 3. The van der Waals surface area contributed by atoms with Crippen molar-refractivity contribution in [1.29, 1.82) is 0 Å². The Hall–Kier alpha value is -3.35. The molecular weight excluding hydrogens is 326 g/mol. The van der Waals surface area contributed by atoms with Crippen LogP contribution in [0.1, 0.15) is 31.1 Å². The number of nitrogens with zero attached hydrogens (tertiary/aromatic N) is 1. The number of phenolic OH excluding ortho intramolecular Hbond substituents is 1. The Labute approximate surface area is 143 Å². The van der Waals surface area contributed by atoms with Gasteiger partial charge in [-0.1, -0.05) is 12.1 Å². The predicted molar refractivity (Wildman–Crippen MR) is 86.8 cm³/mol. The van der Waals surface area contributed by atoms with Crippen molar-refractivity contribution in [3.63, 3.8) is 0 Å². The van der Waals surface area contributed by atoms with Crippen molar-refractivity contribution in [2.75, 3.05) is 20.3 Å². The summed E-state index contributed by atoms with van der Waals surface area (Å²) in [6.07, 6.45) is 0. The molecule has 25 heavy (non-hydrogen) atoms. The van der Waals surface area contributed by atoms with Crippen molar-refractivity contribution < 1.29 is 29.0 Å². The molecule has 0 saturated heterocycles. The summed E-state index contributed by atoms with van der Waals surface area (Å²) in [6, 6.07) is 10.7. The van der Waals surface area contributed by atoms with Crippen LogP contribution in [0.3, 0.4) is 0 Å². The van der Waals surface area contributed by atoms with Gasteiger partial charge in [-0.2, -0.15) is 0 Å². The van der Waals surface area contributed by atoms with Crippen LogP contribution in [0.5, 0.6) is 11.5 Å². The van der Waals surface area contributed by atoms with E-state index in [1.807, 2.05) is 0 Å². The maximum Gasteiger partial charge on any atom is 0.342 e. The molecule has 1 N–H and O–H groups in total. The smallest absolute Gasteiger partial charge is 0.342 e. The lowest BCUT2D eigenvalue weighted by Gasteiger charge is -2.14. The molecule has 0 aromatic heterocycles. The highest BCUT2D eigenvalue weighted by atomic mass is 16.5. The second-order valence-electron chi connectivity index (χ2n) is 5.33. The van der Waals surface area contributed by atoms with Crippen LogP contribution >= 0.6 is 0 Å². The molecule has 0 spiro atoms. The van der Waals surface area contributed by atoms with E-state index in [0.29, 0.717) is 16.9 Å². The number of ether oxygens (including phenoxy) is 2. The van der Waals surface area contributed by atoms with Gasteiger partial charge >= 0.3 is 5.97 Å². The molecule has 0 unspecified atom stereocenters. The minimum absolute atomic E-state index is 0.0540. The number of fused-ring (bicyclic) bond motifs is 1. The van der Waals surface area contributed by atoms with Gasteiger partial charge in [0.05, 0.1) is 24.8 Å². The van der Waals surface area contributed by atoms with Crippen LogP contribution in [0.15, 0.2) is 42.5 Å². The quantitative estimate of drug-likeness (QED) is 0.659. The number of amides is 2. The van der Waals surface area contributed by atoms with Gasteiger partial charge < -0.3 is 14.6 Å². The first-order valence-corrected chi connectivity index (χ1v) is 7.52. The number of rotatable bonds is 5. The molecule has 2 aromatic rings. The molecule has 0 aliphatic carbocycles. The molecule has 0 bridgehead atoms. The molecule has 2 aromatic carbocycles. The number of benzene rings is 2. The summed E-state index contributed by atoms with van der Waals surface area (Å²) in [6.45, 7) is -0.246. The summed E-state index contributed by atoms with van der Waals surface area (Å²) < 4.78 is 10.1. The van der Waals surface area contributed by atoms with E-state index in [-0.39, 0.29) is 24.5 Å². The van der Waals surface area contributed by atoms with Gasteiger partial charge in [-0.15, -0.1) is 0 Å². The van der Waals surface area contributed by atoms with Crippen LogP contribution in [0, 0.1) is 0 Å². The molecule has 7 nitrogen and oxygen atoms in total. The van der Waals surface area contributed by atoms with Crippen LogP contribution in [0.2, 0.25) is 0 Å². The minimum Gasteiger partial charge on any atom is -0.507 e. The lowest BCUT2D eigenvalue weighted by molar-refractivity contribution is 0.0417. The molecule has 1 aliphatic rings. The molecule has 0 saturated carbocycles. The largest absolute Gasteiger partial charge is 0.507 e. The molecular formula is C18H15NO6. The summed E-state index contributed by atoms with van der Waals surface area (Å²) in [4.78, 5) is 37.5. The zero-order chi connectivity index (χ0) is 18.0. The van der Waals surface area contributed by atoms with Crippen LogP contribution in [0.25, 0.3) is 0 Å². The van der Waals surface area contributed by atoms with Crippen molar-refractivity contribution in [3.05, 3.63) is 59.2 Å². The van der Waals surface area contributed by atoms with Gasteiger partial charge in [-0.25, -0.2) is 4.79 Å². The minimum atomic E-state index is -0.770. The number of carbonyl (C=O) groups excluding carboxylic acids is 3. The molecule has 0 fully saturated rings. The number of phenols is 1. The fraction of sp³-hybridized carbons (Fsp3) is 0.167. The predicted octanol–water partition coefficient (Wildman–Crippen LogP) is 1.85. The van der Waals surface area contributed by atoms with Gasteiger partial charge in [0.25, 0.3) is 11.8 Å². The molecule has 3 rings (SSSR count). The third-order valence-electron chi connectivity index (χ3n) is 3.85. The number of hydrogen-bond acceptors (Lipinski definition) is 6. The Kier molecular flexibility index (Phi) is 4.38. The third kappa shape index (κ3) is 3.03. The highest BCUT2D eigenvalue weighted by Gasteiger charge is 2.34. The average molecular weight is 341 g/mol. The molecule has 2 amide bonds. The fourth-order valence-electron chi connectivity index (χ4n) is 2.56. The first-order chi connectivity index (χ1) is 12.0. The van der Waals surface area contributed by atoms with E-state index < -0.39 is 17.8 Å². The molecule has 128 valence electrons. The SMILES string of the molecule is COc1ccc(O)c(C(=O)OCCN2C(=O)c3ccccc3C2=O)c1. The lowest BCUT2D eigenvalue weighted by Crippen LogP contribution is -2.33. The first-order valence-electron chi connectivity index (χ1n) is 7.52. The van der Waals surface area contributed by atoms with E-state index in [0.717, 1.165) is 4.90 Å². The number of aromatic hydroxyl groups is 1. The Morgan fingerprint density at radius 3 is 2.32 bits per heavy atom. The lowest BCUT2D eigenvalue weighted by atomic mass is 10.1. The summed E-state index contributed by atoms with van der Waals surface area (Å²) in [5.74, 6) is -1.45. The summed E-state index contributed by atoms with van der Waals surface area (Å²) in [7, 11) is 1.43. The van der Waals surface area contributed by atoms with Gasteiger partial charge in [0.2, 0.25) is 0 Å².